The SMILES string of the molecule is COc1cccc(C(=O)N(C)CCc2noc(-c3cccc(C)c3)n2)c1. The van der Waals surface area contributed by atoms with Gasteiger partial charge in [0.2, 0.25) is 0 Å². The molecule has 0 fully saturated rings. The molecule has 0 radical (unpaired) electrons. The van der Waals surface area contributed by atoms with Gasteiger partial charge in [-0.05, 0) is 37.3 Å². The van der Waals surface area contributed by atoms with Crippen LogP contribution in [0.5, 0.6) is 5.75 Å². The third kappa shape index (κ3) is 4.08. The summed E-state index contributed by atoms with van der Waals surface area (Å²) in [6.07, 6.45) is 0.515. The minimum absolute atomic E-state index is 0.0775. The molecule has 0 saturated heterocycles. The first-order valence-electron chi connectivity index (χ1n) is 8.36. The summed E-state index contributed by atoms with van der Waals surface area (Å²) < 4.78 is 10.5. The average molecular weight is 351 g/mol. The van der Waals surface area contributed by atoms with Gasteiger partial charge in [-0.1, -0.05) is 28.9 Å². The quantitative estimate of drug-likeness (QED) is 0.681. The lowest BCUT2D eigenvalue weighted by molar-refractivity contribution is 0.0795. The highest BCUT2D eigenvalue weighted by Crippen LogP contribution is 2.18. The largest absolute Gasteiger partial charge is 0.497 e. The molecule has 0 unspecified atom stereocenters. The summed E-state index contributed by atoms with van der Waals surface area (Å²) in [5.74, 6) is 1.65. The van der Waals surface area contributed by atoms with Crippen molar-refractivity contribution in [3.8, 4) is 17.2 Å². The zero-order valence-electron chi connectivity index (χ0n) is 15.1. The van der Waals surface area contributed by atoms with E-state index in [1.165, 1.54) is 0 Å². The van der Waals surface area contributed by atoms with Crippen LogP contribution in [0.1, 0.15) is 21.7 Å². The van der Waals surface area contributed by atoms with Crippen LogP contribution in [-0.4, -0.2) is 41.6 Å². The third-order valence-corrected chi connectivity index (χ3v) is 4.07. The predicted octanol–water partition coefficient (Wildman–Crippen LogP) is 3.37. The van der Waals surface area contributed by atoms with Crippen LogP contribution in [0.2, 0.25) is 0 Å². The van der Waals surface area contributed by atoms with Crippen molar-refractivity contribution in [1.29, 1.82) is 0 Å². The molecular weight excluding hydrogens is 330 g/mol. The smallest absolute Gasteiger partial charge is 0.257 e. The van der Waals surface area contributed by atoms with E-state index in [9.17, 15) is 4.79 Å². The van der Waals surface area contributed by atoms with Crippen LogP contribution in [0.25, 0.3) is 11.5 Å². The van der Waals surface area contributed by atoms with E-state index in [4.69, 9.17) is 9.26 Å². The number of methoxy groups -OCH3 is 1. The van der Waals surface area contributed by atoms with E-state index in [-0.39, 0.29) is 5.91 Å². The molecule has 0 aliphatic carbocycles. The predicted molar refractivity (Wildman–Crippen MR) is 98.1 cm³/mol. The molecule has 0 bridgehead atoms. The second kappa shape index (κ2) is 7.82. The second-order valence-corrected chi connectivity index (χ2v) is 6.09. The fourth-order valence-electron chi connectivity index (χ4n) is 2.60. The number of likely N-dealkylation sites (N-methyl/N-ethyl adjacent to an activating group) is 1. The van der Waals surface area contributed by atoms with Crippen LogP contribution in [-0.2, 0) is 6.42 Å². The molecule has 0 atom stereocenters. The van der Waals surface area contributed by atoms with Gasteiger partial charge in [-0.3, -0.25) is 4.79 Å². The lowest BCUT2D eigenvalue weighted by Gasteiger charge is -2.16. The van der Waals surface area contributed by atoms with Crippen molar-refractivity contribution in [1.82, 2.24) is 15.0 Å². The number of aromatic nitrogens is 2. The van der Waals surface area contributed by atoms with Crippen molar-refractivity contribution >= 4 is 5.91 Å². The number of ether oxygens (including phenoxy) is 1. The summed E-state index contributed by atoms with van der Waals surface area (Å²) in [7, 11) is 3.33. The van der Waals surface area contributed by atoms with E-state index in [1.807, 2.05) is 37.3 Å². The molecule has 134 valence electrons. The lowest BCUT2D eigenvalue weighted by atomic mass is 10.1. The van der Waals surface area contributed by atoms with Crippen molar-refractivity contribution in [3.05, 3.63) is 65.5 Å². The molecule has 1 amide bonds. The maximum Gasteiger partial charge on any atom is 0.257 e. The molecule has 3 aromatic rings. The fraction of sp³-hybridized carbons (Fsp3) is 0.250. The molecule has 1 heterocycles. The van der Waals surface area contributed by atoms with Crippen molar-refractivity contribution in [2.24, 2.45) is 0 Å². The van der Waals surface area contributed by atoms with Gasteiger partial charge in [-0.15, -0.1) is 0 Å². The van der Waals surface area contributed by atoms with Gasteiger partial charge in [-0.2, -0.15) is 4.98 Å². The summed E-state index contributed by atoms with van der Waals surface area (Å²) in [4.78, 5) is 18.6. The van der Waals surface area contributed by atoms with Gasteiger partial charge in [0.05, 0.1) is 7.11 Å². The Bertz CT molecular complexity index is 905. The number of benzene rings is 2. The molecule has 1 aromatic heterocycles. The van der Waals surface area contributed by atoms with E-state index in [2.05, 4.69) is 10.1 Å². The van der Waals surface area contributed by atoms with Crippen molar-refractivity contribution in [3.63, 3.8) is 0 Å². The zero-order valence-corrected chi connectivity index (χ0v) is 15.1. The van der Waals surface area contributed by atoms with E-state index in [1.54, 1.807) is 37.3 Å². The maximum atomic E-state index is 12.5. The third-order valence-electron chi connectivity index (χ3n) is 4.07. The van der Waals surface area contributed by atoms with Crippen molar-refractivity contribution in [2.75, 3.05) is 20.7 Å². The van der Waals surface area contributed by atoms with Crippen molar-refractivity contribution < 1.29 is 14.1 Å². The van der Waals surface area contributed by atoms with Gasteiger partial charge in [0.1, 0.15) is 5.75 Å². The number of hydrogen-bond acceptors (Lipinski definition) is 5. The summed E-state index contributed by atoms with van der Waals surface area (Å²) in [6, 6.07) is 15.0. The van der Waals surface area contributed by atoms with Gasteiger partial charge in [0, 0.05) is 31.1 Å². The Morgan fingerprint density at radius 3 is 2.77 bits per heavy atom. The molecule has 2 aromatic carbocycles. The molecule has 0 aliphatic heterocycles. The Kier molecular flexibility index (Phi) is 5.31. The van der Waals surface area contributed by atoms with Crippen LogP contribution in [0.3, 0.4) is 0 Å². The average Bonchev–Trinajstić information content (AvgIpc) is 3.14. The first-order chi connectivity index (χ1) is 12.6. The number of carbonyl (C=O) groups is 1. The highest BCUT2D eigenvalue weighted by Gasteiger charge is 2.14. The summed E-state index contributed by atoms with van der Waals surface area (Å²) >= 11 is 0. The molecule has 0 aliphatic rings. The number of rotatable bonds is 6. The van der Waals surface area contributed by atoms with Gasteiger partial charge in [0.25, 0.3) is 11.8 Å². The first-order valence-corrected chi connectivity index (χ1v) is 8.36. The number of hydrogen-bond donors (Lipinski definition) is 0. The first kappa shape index (κ1) is 17.7. The topological polar surface area (TPSA) is 68.5 Å². The number of nitrogens with zero attached hydrogens (tertiary/aromatic N) is 3. The molecule has 6 nitrogen and oxygen atoms in total. The standard InChI is InChI=1S/C20H21N3O3/c1-14-6-4-7-15(12-14)19-21-18(22-26-19)10-11-23(2)20(24)16-8-5-9-17(13-16)25-3/h4-9,12-13H,10-11H2,1-3H3. The Morgan fingerprint density at radius 1 is 1.19 bits per heavy atom. The Hall–Kier alpha value is -3.15. The fourth-order valence-corrected chi connectivity index (χ4v) is 2.60. The van der Waals surface area contributed by atoms with Crippen LogP contribution < -0.4 is 4.74 Å². The van der Waals surface area contributed by atoms with E-state index in [0.717, 1.165) is 11.1 Å². The molecule has 6 heteroatoms. The van der Waals surface area contributed by atoms with Gasteiger partial charge in [0.15, 0.2) is 5.82 Å². The van der Waals surface area contributed by atoms with Gasteiger partial charge >= 0.3 is 0 Å². The van der Waals surface area contributed by atoms with Crippen LogP contribution in [0, 0.1) is 6.92 Å². The minimum Gasteiger partial charge on any atom is -0.497 e. The number of aryl methyl sites for hydroxylation is 1. The molecule has 3 rings (SSSR count). The Labute approximate surface area is 152 Å². The summed E-state index contributed by atoms with van der Waals surface area (Å²) in [5, 5.41) is 4.01. The van der Waals surface area contributed by atoms with Crippen LogP contribution >= 0.6 is 0 Å². The van der Waals surface area contributed by atoms with E-state index < -0.39 is 0 Å². The minimum atomic E-state index is -0.0775. The highest BCUT2D eigenvalue weighted by molar-refractivity contribution is 5.94. The zero-order chi connectivity index (χ0) is 18.5. The molecule has 0 N–H and O–H groups in total. The Balaban J connectivity index is 1.62. The Morgan fingerprint density at radius 2 is 2.00 bits per heavy atom. The molecule has 0 saturated carbocycles. The molecule has 26 heavy (non-hydrogen) atoms. The maximum absolute atomic E-state index is 12.5. The van der Waals surface area contributed by atoms with Crippen LogP contribution in [0.4, 0.5) is 0 Å². The lowest BCUT2D eigenvalue weighted by Crippen LogP contribution is -2.29. The monoisotopic (exact) mass is 351 g/mol. The summed E-state index contributed by atoms with van der Waals surface area (Å²) in [6.45, 7) is 2.50. The number of amides is 1. The van der Waals surface area contributed by atoms with Crippen molar-refractivity contribution in [2.45, 2.75) is 13.3 Å². The molecule has 0 spiro atoms. The normalized spacial score (nSPS) is 10.6. The number of carbonyl (C=O) groups excluding carboxylic acids is 1. The summed E-state index contributed by atoms with van der Waals surface area (Å²) in [5.41, 5.74) is 2.61. The molecular formula is C20H21N3O3. The van der Waals surface area contributed by atoms with Gasteiger partial charge in [-0.25, -0.2) is 0 Å². The highest BCUT2D eigenvalue weighted by atomic mass is 16.5. The van der Waals surface area contributed by atoms with E-state index >= 15 is 0 Å². The van der Waals surface area contributed by atoms with E-state index in [0.29, 0.717) is 36.0 Å². The van der Waals surface area contributed by atoms with Crippen LogP contribution in [0.15, 0.2) is 53.1 Å². The second-order valence-electron chi connectivity index (χ2n) is 6.09. The van der Waals surface area contributed by atoms with Gasteiger partial charge < -0.3 is 14.2 Å².